The third kappa shape index (κ3) is 6.42. The molecule has 1 amide bonds. The van der Waals surface area contributed by atoms with Gasteiger partial charge in [0, 0.05) is 20.2 Å². The number of aromatic hydroxyl groups is 1. The Balaban J connectivity index is 0.000000366. The number of benzene rings is 1. The number of quaternary nitrogens is 1. The van der Waals surface area contributed by atoms with Crippen molar-refractivity contribution in [1.29, 1.82) is 0 Å². The van der Waals surface area contributed by atoms with Gasteiger partial charge in [0.2, 0.25) is 0 Å². The molecule has 0 saturated carbocycles. The minimum atomic E-state index is -1.16. The molecule has 5 heteroatoms. The number of hydrogen-bond donors (Lipinski definition) is 1. The topological polar surface area (TPSA) is 63.6 Å². The highest BCUT2D eigenvalue weighted by molar-refractivity contribution is 5.61. The molecule has 0 aliphatic carbocycles. The molecular formula is C12H20N2O3. The fourth-order valence-corrected chi connectivity index (χ4v) is 0.910. The maximum atomic E-state index is 9.51. The van der Waals surface area contributed by atoms with Crippen LogP contribution in [0.1, 0.15) is 0 Å². The van der Waals surface area contributed by atoms with Gasteiger partial charge in [0.05, 0.1) is 21.1 Å². The van der Waals surface area contributed by atoms with Crippen molar-refractivity contribution in [3.8, 4) is 5.75 Å². The van der Waals surface area contributed by atoms with Gasteiger partial charge in [0.1, 0.15) is 17.5 Å². The summed E-state index contributed by atoms with van der Waals surface area (Å²) in [4.78, 5) is 10.5. The lowest BCUT2D eigenvalue weighted by Gasteiger charge is -2.23. The van der Waals surface area contributed by atoms with Gasteiger partial charge in [0.15, 0.2) is 0 Å². The molecule has 1 N–H and O–H groups in total. The SMILES string of the molecule is CN(C)C(=O)[O-].C[N+](C)(C)c1cccc(O)c1. The molecule has 0 radical (unpaired) electrons. The van der Waals surface area contributed by atoms with Crippen LogP contribution < -0.4 is 9.59 Å². The Morgan fingerprint density at radius 1 is 1.29 bits per heavy atom. The van der Waals surface area contributed by atoms with Crippen molar-refractivity contribution in [2.45, 2.75) is 0 Å². The van der Waals surface area contributed by atoms with E-state index in [1.54, 1.807) is 12.1 Å². The van der Waals surface area contributed by atoms with Crippen LogP contribution in [-0.2, 0) is 0 Å². The second-order valence-corrected chi connectivity index (χ2v) is 4.69. The molecule has 0 saturated heterocycles. The largest absolute Gasteiger partial charge is 0.530 e. The van der Waals surface area contributed by atoms with Crippen LogP contribution in [0, 0.1) is 0 Å². The van der Waals surface area contributed by atoms with Crippen LogP contribution in [0.5, 0.6) is 5.75 Å². The van der Waals surface area contributed by atoms with Crippen molar-refractivity contribution in [3.63, 3.8) is 0 Å². The number of carbonyl (C=O) groups is 1. The number of amides is 1. The van der Waals surface area contributed by atoms with Crippen LogP contribution in [0.15, 0.2) is 24.3 Å². The number of carboxylic acid groups (broad SMARTS) is 1. The van der Waals surface area contributed by atoms with Crippen molar-refractivity contribution in [3.05, 3.63) is 24.3 Å². The minimum Gasteiger partial charge on any atom is -0.530 e. The lowest BCUT2D eigenvalue weighted by atomic mass is 10.2. The smallest absolute Gasteiger partial charge is 0.136 e. The zero-order valence-electron chi connectivity index (χ0n) is 11.0. The minimum absolute atomic E-state index is 0.329. The number of hydrogen-bond acceptors (Lipinski definition) is 3. The van der Waals surface area contributed by atoms with Crippen LogP contribution in [-0.4, -0.2) is 51.3 Å². The summed E-state index contributed by atoms with van der Waals surface area (Å²) in [6, 6.07) is 7.31. The Hall–Kier alpha value is -1.75. The second kappa shape index (κ2) is 6.10. The summed E-state index contributed by atoms with van der Waals surface area (Å²) in [5.41, 5.74) is 1.10. The first-order valence-electron chi connectivity index (χ1n) is 5.14. The van der Waals surface area contributed by atoms with Crippen molar-refractivity contribution in [2.75, 3.05) is 35.2 Å². The molecule has 17 heavy (non-hydrogen) atoms. The van der Waals surface area contributed by atoms with Gasteiger partial charge in [-0.15, -0.1) is 0 Å². The normalized spacial score (nSPS) is 10.2. The van der Waals surface area contributed by atoms with Crippen LogP contribution in [0.3, 0.4) is 0 Å². The number of carbonyl (C=O) groups excluding carboxylic acids is 1. The molecule has 1 aromatic rings. The fourth-order valence-electron chi connectivity index (χ4n) is 0.910. The van der Waals surface area contributed by atoms with Gasteiger partial charge in [0.25, 0.3) is 0 Å². The van der Waals surface area contributed by atoms with Crippen LogP contribution >= 0.6 is 0 Å². The van der Waals surface area contributed by atoms with E-state index in [0.717, 1.165) is 15.1 Å². The Bertz CT molecular complexity index is 370. The zero-order chi connectivity index (χ0) is 13.6. The van der Waals surface area contributed by atoms with E-state index in [9.17, 15) is 9.90 Å². The summed E-state index contributed by atoms with van der Waals surface area (Å²) in [5, 5.41) is 18.7. The van der Waals surface area contributed by atoms with E-state index in [4.69, 9.17) is 5.11 Å². The number of phenols is 1. The summed E-state index contributed by atoms with van der Waals surface area (Å²) in [7, 11) is 9.02. The summed E-state index contributed by atoms with van der Waals surface area (Å²) < 4.78 is 0.731. The predicted molar refractivity (Wildman–Crippen MR) is 66.8 cm³/mol. The molecule has 0 aliphatic rings. The van der Waals surface area contributed by atoms with E-state index in [-0.39, 0.29) is 0 Å². The average Bonchev–Trinajstić information content (AvgIpc) is 2.17. The van der Waals surface area contributed by atoms with Crippen molar-refractivity contribution in [1.82, 2.24) is 9.38 Å². The van der Waals surface area contributed by atoms with Crippen LogP contribution in [0.2, 0.25) is 0 Å². The molecule has 0 heterocycles. The summed E-state index contributed by atoms with van der Waals surface area (Å²) in [6.45, 7) is 0. The lowest BCUT2D eigenvalue weighted by molar-refractivity contribution is -0.262. The van der Waals surface area contributed by atoms with E-state index in [1.165, 1.54) is 14.1 Å². The Labute approximate surface area is 102 Å². The molecular weight excluding hydrogens is 220 g/mol. The highest BCUT2D eigenvalue weighted by Crippen LogP contribution is 2.21. The predicted octanol–water partition coefficient (Wildman–Crippen LogP) is 0.480. The van der Waals surface area contributed by atoms with E-state index >= 15 is 0 Å². The van der Waals surface area contributed by atoms with E-state index in [1.807, 2.05) is 12.1 Å². The first-order valence-corrected chi connectivity index (χ1v) is 5.14. The summed E-state index contributed by atoms with van der Waals surface area (Å²) in [5.74, 6) is 0.329. The lowest BCUT2D eigenvalue weighted by Crippen LogP contribution is -2.35. The second-order valence-electron chi connectivity index (χ2n) is 4.69. The fraction of sp³-hybridized carbons (Fsp3) is 0.417. The maximum absolute atomic E-state index is 9.51. The molecule has 1 rings (SSSR count). The van der Waals surface area contributed by atoms with Crippen molar-refractivity contribution >= 4 is 11.8 Å². The Morgan fingerprint density at radius 3 is 2.00 bits per heavy atom. The van der Waals surface area contributed by atoms with Crippen LogP contribution in [0.4, 0.5) is 10.5 Å². The van der Waals surface area contributed by atoms with E-state index < -0.39 is 6.09 Å². The Morgan fingerprint density at radius 2 is 1.76 bits per heavy atom. The number of phenolic OH excluding ortho intramolecular Hbond substituents is 1. The average molecular weight is 240 g/mol. The first-order chi connectivity index (χ1) is 7.64. The highest BCUT2D eigenvalue weighted by Gasteiger charge is 2.11. The van der Waals surface area contributed by atoms with Crippen molar-refractivity contribution in [2.24, 2.45) is 0 Å². The van der Waals surface area contributed by atoms with Gasteiger partial charge >= 0.3 is 0 Å². The van der Waals surface area contributed by atoms with E-state index in [0.29, 0.717) is 5.75 Å². The molecule has 0 fully saturated rings. The van der Waals surface area contributed by atoms with Gasteiger partial charge in [-0.25, -0.2) is 0 Å². The molecule has 0 bridgehead atoms. The van der Waals surface area contributed by atoms with Gasteiger partial charge in [-0.3, -0.25) is 4.48 Å². The molecule has 96 valence electrons. The molecule has 0 aromatic heterocycles. The highest BCUT2D eigenvalue weighted by atomic mass is 16.4. The molecule has 1 aromatic carbocycles. The number of rotatable bonds is 1. The quantitative estimate of drug-likeness (QED) is 0.726. The molecule has 0 aliphatic heterocycles. The third-order valence-electron chi connectivity index (χ3n) is 1.97. The summed E-state index contributed by atoms with van der Waals surface area (Å²) >= 11 is 0. The van der Waals surface area contributed by atoms with Crippen LogP contribution in [0.25, 0.3) is 0 Å². The molecule has 5 nitrogen and oxygen atoms in total. The standard InChI is InChI=1S/C9H13NO.C3H7NO2/c1-10(2,3)8-5-4-6-9(11)7-8;1-4(2)3(5)6/h4-7H,1-3H3;1-2H3,(H,5,6). The van der Waals surface area contributed by atoms with Gasteiger partial charge < -0.3 is 19.9 Å². The van der Waals surface area contributed by atoms with E-state index in [2.05, 4.69) is 21.1 Å². The third-order valence-corrected chi connectivity index (χ3v) is 1.97. The van der Waals surface area contributed by atoms with Gasteiger partial charge in [-0.2, -0.15) is 0 Å². The summed E-state index contributed by atoms with van der Waals surface area (Å²) in [6.07, 6.45) is -1.16. The van der Waals surface area contributed by atoms with Gasteiger partial charge in [-0.05, 0) is 12.1 Å². The zero-order valence-corrected chi connectivity index (χ0v) is 11.0. The first kappa shape index (κ1) is 15.2. The monoisotopic (exact) mass is 240 g/mol. The maximum Gasteiger partial charge on any atom is 0.136 e. The molecule has 0 unspecified atom stereocenters. The molecule has 0 spiro atoms. The van der Waals surface area contributed by atoms with Gasteiger partial charge in [-0.1, -0.05) is 6.07 Å². The Kier molecular flexibility index (Phi) is 5.47. The van der Waals surface area contributed by atoms with Crippen molar-refractivity contribution < 1.29 is 15.0 Å². The molecule has 0 atom stereocenters. The number of nitrogens with zero attached hydrogens (tertiary/aromatic N) is 2.